The summed E-state index contributed by atoms with van der Waals surface area (Å²) in [7, 11) is 0. The number of carbonyl (C=O) groups excluding carboxylic acids is 1. The second-order valence-electron chi connectivity index (χ2n) is 8.18. The first-order valence-corrected chi connectivity index (χ1v) is 10.8. The maximum atomic E-state index is 13.2. The number of fused-ring (bicyclic) bond motifs is 3. The molecular weight excluding hydrogens is 424 g/mol. The lowest BCUT2D eigenvalue weighted by Gasteiger charge is -2.31. The largest absolute Gasteiger partial charge is 0.479 e. The Kier molecular flexibility index (Phi) is 6.41. The summed E-state index contributed by atoms with van der Waals surface area (Å²) < 4.78 is 7.03. The number of aliphatic carboxylic acids is 1. The van der Waals surface area contributed by atoms with Gasteiger partial charge in [0.05, 0.1) is 19.3 Å². The second kappa shape index (κ2) is 9.41. The van der Waals surface area contributed by atoms with Crippen LogP contribution in [0.3, 0.4) is 0 Å². The molecule has 0 aliphatic heterocycles. The summed E-state index contributed by atoms with van der Waals surface area (Å²) in [6.45, 7) is 3.53. The molecule has 0 saturated carbocycles. The number of amides is 1. The highest BCUT2D eigenvalue weighted by Gasteiger charge is 2.37. The number of carboxylic acid groups (broad SMARTS) is 1. The molecule has 2 aromatic carbocycles. The SMILES string of the molecule is CC(C)N(C(=O)OCC1c2ccccc2-c2ccccc21)C(C(=O)O)c1cn(CCO)nn1. The number of hydrogen-bond donors (Lipinski definition) is 2. The normalized spacial score (nSPS) is 13.5. The van der Waals surface area contributed by atoms with Crippen LogP contribution in [-0.4, -0.2) is 61.4 Å². The fourth-order valence-electron chi connectivity index (χ4n) is 4.32. The van der Waals surface area contributed by atoms with Crippen LogP contribution < -0.4 is 0 Å². The van der Waals surface area contributed by atoms with Crippen molar-refractivity contribution in [2.45, 2.75) is 38.4 Å². The van der Waals surface area contributed by atoms with Crippen LogP contribution in [0.2, 0.25) is 0 Å². The zero-order valence-corrected chi connectivity index (χ0v) is 18.5. The Morgan fingerprint density at radius 1 is 1.09 bits per heavy atom. The van der Waals surface area contributed by atoms with Crippen LogP contribution in [-0.2, 0) is 16.1 Å². The smallest absolute Gasteiger partial charge is 0.411 e. The monoisotopic (exact) mass is 450 g/mol. The number of nitrogens with zero attached hydrogens (tertiary/aromatic N) is 4. The number of hydrogen-bond acceptors (Lipinski definition) is 6. The standard InChI is InChI=1S/C24H26N4O5/c1-15(2)28(22(23(30)31)21-13-27(11-12-29)26-25-21)24(32)33-14-20-18-9-5-3-7-16(18)17-8-4-6-10-19(17)20/h3-10,13,15,20,22,29H,11-12,14H2,1-2H3,(H,30,31). The van der Waals surface area contributed by atoms with Gasteiger partial charge in [0, 0.05) is 12.0 Å². The number of aliphatic hydroxyl groups is 1. The van der Waals surface area contributed by atoms with E-state index < -0.39 is 24.1 Å². The number of ether oxygens (including phenoxy) is 1. The average molecular weight is 450 g/mol. The molecule has 3 aromatic rings. The van der Waals surface area contributed by atoms with Gasteiger partial charge in [0.1, 0.15) is 12.3 Å². The van der Waals surface area contributed by atoms with Gasteiger partial charge in [-0.15, -0.1) is 5.10 Å². The number of benzene rings is 2. The van der Waals surface area contributed by atoms with Crippen molar-refractivity contribution in [3.05, 3.63) is 71.5 Å². The topological polar surface area (TPSA) is 118 Å². The zero-order valence-electron chi connectivity index (χ0n) is 18.5. The predicted octanol–water partition coefficient (Wildman–Crippen LogP) is 3.06. The lowest BCUT2D eigenvalue weighted by Crippen LogP contribution is -2.44. The number of rotatable bonds is 8. The third kappa shape index (κ3) is 4.31. The highest BCUT2D eigenvalue weighted by atomic mass is 16.6. The van der Waals surface area contributed by atoms with Crippen LogP contribution in [0.25, 0.3) is 11.1 Å². The molecule has 0 bridgehead atoms. The highest BCUT2D eigenvalue weighted by Crippen LogP contribution is 2.44. The Balaban J connectivity index is 1.57. The Hall–Kier alpha value is -3.72. The fourth-order valence-corrected chi connectivity index (χ4v) is 4.32. The van der Waals surface area contributed by atoms with E-state index in [0.717, 1.165) is 27.2 Å². The molecule has 4 rings (SSSR count). The van der Waals surface area contributed by atoms with Crippen LogP contribution in [0.4, 0.5) is 4.79 Å². The third-order valence-electron chi connectivity index (χ3n) is 5.78. The van der Waals surface area contributed by atoms with Gasteiger partial charge in [-0.1, -0.05) is 53.7 Å². The summed E-state index contributed by atoms with van der Waals surface area (Å²) in [4.78, 5) is 26.4. The van der Waals surface area contributed by atoms with Crippen molar-refractivity contribution in [3.63, 3.8) is 0 Å². The van der Waals surface area contributed by atoms with Crippen LogP contribution >= 0.6 is 0 Å². The molecule has 1 unspecified atom stereocenters. The van der Waals surface area contributed by atoms with Gasteiger partial charge in [-0.25, -0.2) is 14.3 Å². The Bertz CT molecular complexity index is 1110. The van der Waals surface area contributed by atoms with Gasteiger partial charge in [0.25, 0.3) is 0 Å². The minimum Gasteiger partial charge on any atom is -0.479 e. The maximum Gasteiger partial charge on any atom is 0.411 e. The molecule has 9 nitrogen and oxygen atoms in total. The van der Waals surface area contributed by atoms with E-state index in [1.165, 1.54) is 10.9 Å². The summed E-state index contributed by atoms with van der Waals surface area (Å²) in [6, 6.07) is 14.2. The van der Waals surface area contributed by atoms with Gasteiger partial charge < -0.3 is 14.9 Å². The first kappa shape index (κ1) is 22.5. The molecule has 33 heavy (non-hydrogen) atoms. The van der Waals surface area contributed by atoms with Crippen molar-refractivity contribution in [3.8, 4) is 11.1 Å². The molecule has 172 valence electrons. The van der Waals surface area contributed by atoms with Crippen molar-refractivity contribution < 1.29 is 24.5 Å². The van der Waals surface area contributed by atoms with E-state index in [-0.39, 0.29) is 31.4 Å². The predicted molar refractivity (Wildman–Crippen MR) is 120 cm³/mol. The lowest BCUT2D eigenvalue weighted by atomic mass is 9.98. The lowest BCUT2D eigenvalue weighted by molar-refractivity contribution is -0.143. The fraction of sp³-hybridized carbons (Fsp3) is 0.333. The first-order valence-electron chi connectivity index (χ1n) is 10.8. The van der Waals surface area contributed by atoms with E-state index in [1.807, 2.05) is 48.5 Å². The van der Waals surface area contributed by atoms with Gasteiger partial charge in [0.2, 0.25) is 0 Å². The van der Waals surface area contributed by atoms with Crippen LogP contribution in [0.15, 0.2) is 54.7 Å². The van der Waals surface area contributed by atoms with Crippen LogP contribution in [0.1, 0.15) is 42.6 Å². The number of aromatic nitrogens is 3. The summed E-state index contributed by atoms with van der Waals surface area (Å²) >= 11 is 0. The number of carbonyl (C=O) groups is 2. The Morgan fingerprint density at radius 2 is 1.70 bits per heavy atom. The summed E-state index contributed by atoms with van der Waals surface area (Å²) in [5, 5.41) is 26.7. The van der Waals surface area contributed by atoms with E-state index >= 15 is 0 Å². The molecule has 0 fully saturated rings. The molecule has 1 aromatic heterocycles. The Labute approximate surface area is 191 Å². The van der Waals surface area contributed by atoms with E-state index in [9.17, 15) is 14.7 Å². The second-order valence-corrected chi connectivity index (χ2v) is 8.18. The van der Waals surface area contributed by atoms with Crippen molar-refractivity contribution in [1.82, 2.24) is 19.9 Å². The van der Waals surface area contributed by atoms with Crippen LogP contribution in [0, 0.1) is 0 Å². The van der Waals surface area contributed by atoms with E-state index in [1.54, 1.807) is 13.8 Å². The van der Waals surface area contributed by atoms with Gasteiger partial charge in [-0.05, 0) is 36.1 Å². The average Bonchev–Trinajstić information content (AvgIpc) is 3.38. The number of aliphatic hydroxyl groups excluding tert-OH is 1. The van der Waals surface area contributed by atoms with E-state index in [0.29, 0.717) is 0 Å². The van der Waals surface area contributed by atoms with Gasteiger partial charge in [-0.2, -0.15) is 0 Å². The van der Waals surface area contributed by atoms with Crippen molar-refractivity contribution in [2.75, 3.05) is 13.2 Å². The molecule has 1 aliphatic carbocycles. The molecule has 2 N–H and O–H groups in total. The zero-order chi connectivity index (χ0) is 23.5. The Morgan fingerprint density at radius 3 is 2.24 bits per heavy atom. The van der Waals surface area contributed by atoms with E-state index in [2.05, 4.69) is 10.3 Å². The summed E-state index contributed by atoms with van der Waals surface area (Å²) in [6.07, 6.45) is 0.678. The van der Waals surface area contributed by atoms with Gasteiger partial charge in [0.15, 0.2) is 6.04 Å². The molecule has 1 atom stereocenters. The molecule has 0 saturated heterocycles. The highest BCUT2D eigenvalue weighted by molar-refractivity contribution is 5.82. The van der Waals surface area contributed by atoms with Crippen molar-refractivity contribution in [2.24, 2.45) is 0 Å². The minimum absolute atomic E-state index is 0.0830. The summed E-state index contributed by atoms with van der Waals surface area (Å²) in [5.74, 6) is -1.38. The molecule has 9 heteroatoms. The summed E-state index contributed by atoms with van der Waals surface area (Å²) in [5.41, 5.74) is 4.46. The quantitative estimate of drug-likeness (QED) is 0.541. The molecule has 1 heterocycles. The molecule has 0 spiro atoms. The number of carboxylic acids is 1. The van der Waals surface area contributed by atoms with Crippen LogP contribution in [0.5, 0.6) is 0 Å². The van der Waals surface area contributed by atoms with Gasteiger partial charge in [-0.3, -0.25) is 4.90 Å². The third-order valence-corrected chi connectivity index (χ3v) is 5.78. The van der Waals surface area contributed by atoms with Gasteiger partial charge >= 0.3 is 12.1 Å². The van der Waals surface area contributed by atoms with Crippen molar-refractivity contribution >= 4 is 12.1 Å². The molecule has 0 radical (unpaired) electrons. The molecule has 1 aliphatic rings. The molecule has 1 amide bonds. The maximum absolute atomic E-state index is 13.2. The minimum atomic E-state index is -1.37. The van der Waals surface area contributed by atoms with E-state index in [4.69, 9.17) is 9.84 Å². The first-order chi connectivity index (χ1) is 15.9. The van der Waals surface area contributed by atoms with Crippen molar-refractivity contribution in [1.29, 1.82) is 0 Å². The molecular formula is C24H26N4O5.